The van der Waals surface area contributed by atoms with Crippen molar-refractivity contribution in [1.29, 1.82) is 0 Å². The number of rotatable bonds is 6. The molecule has 124 valence electrons. The molecule has 21 heavy (non-hydrogen) atoms. The molecule has 0 spiro atoms. The van der Waals surface area contributed by atoms with Crippen LogP contribution in [0, 0.1) is 5.92 Å². The van der Waals surface area contributed by atoms with Gasteiger partial charge in [-0.2, -0.15) is 17.4 Å². The van der Waals surface area contributed by atoms with Gasteiger partial charge in [0.25, 0.3) is 10.2 Å². The van der Waals surface area contributed by atoms with Gasteiger partial charge in [0.1, 0.15) is 0 Å². The second-order valence-corrected chi connectivity index (χ2v) is 7.83. The van der Waals surface area contributed by atoms with Crippen LogP contribution in [0.2, 0.25) is 0 Å². The van der Waals surface area contributed by atoms with E-state index in [1.54, 1.807) is 4.31 Å². The molecule has 6 nitrogen and oxygen atoms in total. The minimum absolute atomic E-state index is 0.0314. The summed E-state index contributed by atoms with van der Waals surface area (Å²) in [5.74, 6) is 0.376. The van der Waals surface area contributed by atoms with Crippen LogP contribution in [-0.2, 0) is 14.9 Å². The third kappa shape index (κ3) is 4.63. The van der Waals surface area contributed by atoms with E-state index in [2.05, 4.69) is 10.0 Å². The molecule has 2 aliphatic heterocycles. The van der Waals surface area contributed by atoms with Gasteiger partial charge in [0, 0.05) is 38.4 Å². The normalized spacial score (nSPS) is 27.6. The van der Waals surface area contributed by atoms with Gasteiger partial charge in [-0.1, -0.05) is 6.42 Å². The average molecular weight is 319 g/mol. The SMILES string of the molecule is CNCC1CCCCN1S(=O)(=O)NC(C)C1CCOCC1. The quantitative estimate of drug-likeness (QED) is 0.756. The van der Waals surface area contributed by atoms with E-state index in [9.17, 15) is 8.42 Å². The Morgan fingerprint density at radius 3 is 2.62 bits per heavy atom. The fourth-order valence-electron chi connectivity index (χ4n) is 3.34. The summed E-state index contributed by atoms with van der Waals surface area (Å²) in [5.41, 5.74) is 0. The van der Waals surface area contributed by atoms with Gasteiger partial charge in [-0.05, 0) is 45.6 Å². The first kappa shape index (κ1) is 17.1. The molecule has 2 fully saturated rings. The summed E-state index contributed by atoms with van der Waals surface area (Å²) in [6, 6.07) is 0.0409. The fourth-order valence-corrected chi connectivity index (χ4v) is 5.08. The highest BCUT2D eigenvalue weighted by atomic mass is 32.2. The van der Waals surface area contributed by atoms with Gasteiger partial charge in [0.05, 0.1) is 0 Å². The van der Waals surface area contributed by atoms with Gasteiger partial charge < -0.3 is 10.1 Å². The lowest BCUT2D eigenvalue weighted by Crippen LogP contribution is -2.54. The summed E-state index contributed by atoms with van der Waals surface area (Å²) >= 11 is 0. The predicted molar refractivity (Wildman–Crippen MR) is 83.3 cm³/mol. The highest BCUT2D eigenvalue weighted by Gasteiger charge is 2.34. The highest BCUT2D eigenvalue weighted by molar-refractivity contribution is 7.87. The molecule has 2 N–H and O–H groups in total. The first-order chi connectivity index (χ1) is 10.0. The van der Waals surface area contributed by atoms with E-state index in [0.717, 1.165) is 45.3 Å². The molecule has 2 heterocycles. The van der Waals surface area contributed by atoms with Gasteiger partial charge in [-0.15, -0.1) is 0 Å². The summed E-state index contributed by atoms with van der Waals surface area (Å²) in [7, 11) is -1.53. The minimum Gasteiger partial charge on any atom is -0.381 e. The maximum Gasteiger partial charge on any atom is 0.279 e. The Bertz CT molecular complexity index is 408. The largest absolute Gasteiger partial charge is 0.381 e. The van der Waals surface area contributed by atoms with Crippen LogP contribution in [0.5, 0.6) is 0 Å². The van der Waals surface area contributed by atoms with Crippen LogP contribution in [0.1, 0.15) is 39.0 Å². The standard InChI is InChI=1S/C14H29N3O3S/c1-12(13-6-9-20-10-7-13)16-21(18,19)17-8-4-3-5-14(17)11-15-2/h12-16H,3-11H2,1-2H3. The van der Waals surface area contributed by atoms with Crippen molar-refractivity contribution in [3.63, 3.8) is 0 Å². The van der Waals surface area contributed by atoms with Gasteiger partial charge in [0.15, 0.2) is 0 Å². The molecule has 2 unspecified atom stereocenters. The maximum absolute atomic E-state index is 12.7. The van der Waals surface area contributed by atoms with Gasteiger partial charge in [-0.3, -0.25) is 0 Å². The maximum atomic E-state index is 12.7. The molecule has 0 aromatic heterocycles. The molecule has 0 aromatic rings. The third-order valence-electron chi connectivity index (χ3n) is 4.63. The monoisotopic (exact) mass is 319 g/mol. The number of piperidine rings is 1. The topological polar surface area (TPSA) is 70.7 Å². The van der Waals surface area contributed by atoms with Crippen molar-refractivity contribution in [3.8, 4) is 0 Å². The minimum atomic E-state index is -3.40. The van der Waals surface area contributed by atoms with Crippen LogP contribution in [0.4, 0.5) is 0 Å². The van der Waals surface area contributed by atoms with Crippen LogP contribution >= 0.6 is 0 Å². The van der Waals surface area contributed by atoms with Gasteiger partial charge in [0.2, 0.25) is 0 Å². The Labute approximate surface area is 128 Å². The zero-order valence-electron chi connectivity index (χ0n) is 13.2. The zero-order valence-corrected chi connectivity index (χ0v) is 14.0. The highest BCUT2D eigenvalue weighted by Crippen LogP contribution is 2.22. The van der Waals surface area contributed by atoms with Crippen LogP contribution in [-0.4, -0.2) is 58.2 Å². The lowest BCUT2D eigenvalue weighted by molar-refractivity contribution is 0.0582. The molecule has 0 aliphatic carbocycles. The first-order valence-corrected chi connectivity index (χ1v) is 9.50. The third-order valence-corrected chi connectivity index (χ3v) is 6.40. The Kier molecular flexibility index (Phi) is 6.43. The Morgan fingerprint density at radius 1 is 1.24 bits per heavy atom. The van der Waals surface area contributed by atoms with Crippen LogP contribution < -0.4 is 10.0 Å². The molecular formula is C14H29N3O3S. The lowest BCUT2D eigenvalue weighted by atomic mass is 9.94. The van der Waals surface area contributed by atoms with Crippen LogP contribution in [0.15, 0.2) is 0 Å². The lowest BCUT2D eigenvalue weighted by Gasteiger charge is -2.36. The van der Waals surface area contributed by atoms with E-state index in [4.69, 9.17) is 4.74 Å². The van der Waals surface area contributed by atoms with Crippen LogP contribution in [0.25, 0.3) is 0 Å². The summed E-state index contributed by atoms with van der Waals surface area (Å²) < 4.78 is 35.3. The molecule has 7 heteroatoms. The smallest absolute Gasteiger partial charge is 0.279 e. The molecule has 2 saturated heterocycles. The average Bonchev–Trinajstić information content (AvgIpc) is 2.48. The molecule has 2 aliphatic rings. The van der Waals surface area contributed by atoms with Gasteiger partial charge >= 0.3 is 0 Å². The van der Waals surface area contributed by atoms with Crippen molar-refractivity contribution in [2.75, 3.05) is 33.4 Å². The van der Waals surface area contributed by atoms with E-state index < -0.39 is 10.2 Å². The molecule has 0 aromatic carbocycles. The van der Waals surface area contributed by atoms with Crippen molar-refractivity contribution < 1.29 is 13.2 Å². The van der Waals surface area contributed by atoms with E-state index in [1.165, 1.54) is 0 Å². The molecule has 2 rings (SSSR count). The zero-order chi connectivity index (χ0) is 15.3. The van der Waals surface area contributed by atoms with Crippen molar-refractivity contribution in [3.05, 3.63) is 0 Å². The van der Waals surface area contributed by atoms with E-state index in [0.29, 0.717) is 19.0 Å². The summed E-state index contributed by atoms with van der Waals surface area (Å²) in [4.78, 5) is 0. The van der Waals surface area contributed by atoms with E-state index >= 15 is 0 Å². The molecule has 0 bridgehead atoms. The number of hydrogen-bond donors (Lipinski definition) is 2. The molecule has 0 amide bonds. The first-order valence-electron chi connectivity index (χ1n) is 8.06. The summed E-state index contributed by atoms with van der Waals surface area (Å²) in [6.07, 6.45) is 4.86. The number of hydrogen-bond acceptors (Lipinski definition) is 4. The van der Waals surface area contributed by atoms with E-state index in [1.807, 2.05) is 14.0 Å². The molecular weight excluding hydrogens is 290 g/mol. The molecule has 2 atom stereocenters. The second-order valence-electron chi connectivity index (χ2n) is 6.18. The van der Waals surface area contributed by atoms with Crippen LogP contribution in [0.3, 0.4) is 0 Å². The fraction of sp³-hybridized carbons (Fsp3) is 1.00. The second kappa shape index (κ2) is 7.87. The van der Waals surface area contributed by atoms with Crippen molar-refractivity contribution in [2.45, 2.75) is 51.1 Å². The van der Waals surface area contributed by atoms with Crippen molar-refractivity contribution >= 4 is 10.2 Å². The number of ether oxygens (including phenoxy) is 1. The van der Waals surface area contributed by atoms with Crippen molar-refractivity contribution in [1.82, 2.24) is 14.3 Å². The number of likely N-dealkylation sites (N-methyl/N-ethyl adjacent to an activating group) is 1. The number of nitrogens with one attached hydrogen (secondary N) is 2. The summed E-state index contributed by atoms with van der Waals surface area (Å²) in [6.45, 7) is 4.80. The number of nitrogens with zero attached hydrogens (tertiary/aromatic N) is 1. The predicted octanol–water partition coefficient (Wildman–Crippen LogP) is 0.710. The Balaban J connectivity index is 1.98. The van der Waals surface area contributed by atoms with E-state index in [-0.39, 0.29) is 12.1 Å². The molecule has 0 saturated carbocycles. The Morgan fingerprint density at radius 2 is 1.95 bits per heavy atom. The summed E-state index contributed by atoms with van der Waals surface area (Å²) in [5, 5.41) is 3.11. The Hall–Kier alpha value is -0.210. The molecule has 0 radical (unpaired) electrons. The van der Waals surface area contributed by atoms with Gasteiger partial charge in [-0.25, -0.2) is 0 Å². The van der Waals surface area contributed by atoms with Crippen molar-refractivity contribution in [2.24, 2.45) is 5.92 Å².